The van der Waals surface area contributed by atoms with Gasteiger partial charge >= 0.3 is 5.97 Å². The highest BCUT2D eigenvalue weighted by Crippen LogP contribution is 2.06. The molecular weight excluding hydrogens is 220 g/mol. The number of carbonyl (C=O) groups is 2. The first-order valence-corrected chi connectivity index (χ1v) is 5.43. The molecule has 0 aliphatic carbocycles. The van der Waals surface area contributed by atoms with Gasteiger partial charge in [0, 0.05) is 11.3 Å². The molecule has 1 atom stereocenters. The second-order valence-corrected chi connectivity index (χ2v) is 3.77. The Morgan fingerprint density at radius 1 is 1.35 bits per heavy atom. The summed E-state index contributed by atoms with van der Waals surface area (Å²) in [6.45, 7) is 1.87. The van der Waals surface area contributed by atoms with Crippen LogP contribution in [0.1, 0.15) is 30.1 Å². The molecule has 0 spiro atoms. The van der Waals surface area contributed by atoms with Crippen LogP contribution in [0.3, 0.4) is 0 Å². The maximum absolute atomic E-state index is 11.7. The highest BCUT2D eigenvalue weighted by atomic mass is 16.4. The van der Waals surface area contributed by atoms with Crippen molar-refractivity contribution in [3.63, 3.8) is 0 Å². The predicted octanol–water partition coefficient (Wildman–Crippen LogP) is 1.25. The molecule has 5 heteroatoms. The quantitative estimate of drug-likeness (QED) is 0.671. The van der Waals surface area contributed by atoms with E-state index < -0.39 is 17.9 Å². The fourth-order valence-corrected chi connectivity index (χ4v) is 1.42. The number of hydrogen-bond acceptors (Lipinski definition) is 3. The van der Waals surface area contributed by atoms with E-state index in [1.807, 2.05) is 6.92 Å². The first kappa shape index (κ1) is 13.0. The van der Waals surface area contributed by atoms with E-state index in [0.717, 1.165) is 0 Å². The molecule has 0 saturated carbocycles. The summed E-state index contributed by atoms with van der Waals surface area (Å²) in [6, 6.07) is 5.49. The van der Waals surface area contributed by atoms with E-state index in [1.54, 1.807) is 24.3 Å². The van der Waals surface area contributed by atoms with Crippen LogP contribution < -0.4 is 11.1 Å². The summed E-state index contributed by atoms with van der Waals surface area (Å²) in [5, 5.41) is 11.4. The van der Waals surface area contributed by atoms with Crippen LogP contribution in [0.25, 0.3) is 0 Å². The number of aliphatic carboxylic acids is 1. The number of amides is 1. The normalized spacial score (nSPS) is 11.8. The van der Waals surface area contributed by atoms with Gasteiger partial charge in [-0.05, 0) is 30.7 Å². The van der Waals surface area contributed by atoms with E-state index in [9.17, 15) is 9.59 Å². The van der Waals surface area contributed by atoms with Crippen molar-refractivity contribution in [2.24, 2.45) is 0 Å². The molecule has 17 heavy (non-hydrogen) atoms. The molecule has 0 saturated heterocycles. The third-order valence-electron chi connectivity index (χ3n) is 2.35. The Bertz CT molecular complexity index is 401. The van der Waals surface area contributed by atoms with Crippen molar-refractivity contribution in [3.05, 3.63) is 29.8 Å². The molecule has 0 bridgehead atoms. The average molecular weight is 236 g/mol. The lowest BCUT2D eigenvalue weighted by Crippen LogP contribution is -2.40. The second kappa shape index (κ2) is 5.89. The molecule has 0 fully saturated rings. The maximum atomic E-state index is 11.7. The van der Waals surface area contributed by atoms with Gasteiger partial charge in [0.1, 0.15) is 6.04 Å². The number of nitrogen functional groups attached to an aromatic ring is 1. The van der Waals surface area contributed by atoms with Gasteiger partial charge in [0.25, 0.3) is 5.91 Å². The van der Waals surface area contributed by atoms with Crippen molar-refractivity contribution in [3.8, 4) is 0 Å². The van der Waals surface area contributed by atoms with Gasteiger partial charge in [0.2, 0.25) is 0 Å². The van der Waals surface area contributed by atoms with Gasteiger partial charge in [0.15, 0.2) is 0 Å². The number of nitrogens with two attached hydrogens (primary N) is 1. The number of benzene rings is 1. The number of carboxylic acid groups (broad SMARTS) is 1. The zero-order valence-electron chi connectivity index (χ0n) is 9.64. The standard InChI is InChI=1S/C12H16N2O3/c1-2-3-10(12(16)17)14-11(15)8-4-6-9(13)7-5-8/h4-7,10H,2-3,13H2,1H3,(H,14,15)(H,16,17)/t10-/m1/s1. The molecule has 0 heterocycles. The number of anilines is 1. The van der Waals surface area contributed by atoms with Crippen molar-refractivity contribution in [2.75, 3.05) is 5.73 Å². The van der Waals surface area contributed by atoms with E-state index >= 15 is 0 Å². The van der Waals surface area contributed by atoms with Crippen molar-refractivity contribution >= 4 is 17.6 Å². The maximum Gasteiger partial charge on any atom is 0.326 e. The highest BCUT2D eigenvalue weighted by molar-refractivity contribution is 5.96. The van der Waals surface area contributed by atoms with Crippen LogP contribution >= 0.6 is 0 Å². The first-order valence-electron chi connectivity index (χ1n) is 5.43. The predicted molar refractivity (Wildman–Crippen MR) is 64.7 cm³/mol. The molecule has 0 aliphatic heterocycles. The molecule has 0 aromatic heterocycles. The summed E-state index contributed by atoms with van der Waals surface area (Å²) in [4.78, 5) is 22.6. The smallest absolute Gasteiger partial charge is 0.326 e. The zero-order valence-corrected chi connectivity index (χ0v) is 9.64. The number of nitrogens with one attached hydrogen (secondary N) is 1. The van der Waals surface area contributed by atoms with Gasteiger partial charge in [-0.2, -0.15) is 0 Å². The average Bonchev–Trinajstić information content (AvgIpc) is 2.29. The Morgan fingerprint density at radius 3 is 2.41 bits per heavy atom. The molecule has 1 aromatic rings. The lowest BCUT2D eigenvalue weighted by atomic mass is 10.1. The Kier molecular flexibility index (Phi) is 4.51. The Morgan fingerprint density at radius 2 is 1.94 bits per heavy atom. The Labute approximate surface area is 99.6 Å². The first-order chi connectivity index (χ1) is 8.04. The van der Waals surface area contributed by atoms with E-state index in [0.29, 0.717) is 24.1 Å². The molecule has 0 aliphatic rings. The van der Waals surface area contributed by atoms with Crippen LogP contribution in [0.15, 0.2) is 24.3 Å². The summed E-state index contributed by atoms with van der Waals surface area (Å²) >= 11 is 0. The molecular formula is C12H16N2O3. The minimum absolute atomic E-state index is 0.397. The zero-order chi connectivity index (χ0) is 12.8. The summed E-state index contributed by atoms with van der Waals surface area (Å²) in [5.74, 6) is -1.42. The molecule has 1 rings (SSSR count). The third kappa shape index (κ3) is 3.79. The van der Waals surface area contributed by atoms with E-state index in [2.05, 4.69) is 5.32 Å². The number of carbonyl (C=O) groups excluding carboxylic acids is 1. The largest absolute Gasteiger partial charge is 0.480 e. The monoisotopic (exact) mass is 236 g/mol. The molecule has 0 radical (unpaired) electrons. The van der Waals surface area contributed by atoms with Gasteiger partial charge in [0.05, 0.1) is 0 Å². The van der Waals surface area contributed by atoms with Crippen LogP contribution in [-0.2, 0) is 4.79 Å². The third-order valence-corrected chi connectivity index (χ3v) is 2.35. The fraction of sp³-hybridized carbons (Fsp3) is 0.333. The Hall–Kier alpha value is -2.04. The number of hydrogen-bond donors (Lipinski definition) is 3. The second-order valence-electron chi connectivity index (χ2n) is 3.77. The van der Waals surface area contributed by atoms with E-state index in [1.165, 1.54) is 0 Å². The SMILES string of the molecule is CCC[C@@H](NC(=O)c1ccc(N)cc1)C(=O)O. The van der Waals surface area contributed by atoms with E-state index in [4.69, 9.17) is 10.8 Å². The van der Waals surface area contributed by atoms with Crippen molar-refractivity contribution in [1.82, 2.24) is 5.32 Å². The highest BCUT2D eigenvalue weighted by Gasteiger charge is 2.19. The summed E-state index contributed by atoms with van der Waals surface area (Å²) in [7, 11) is 0. The molecule has 1 amide bonds. The van der Waals surface area contributed by atoms with Gasteiger partial charge in [-0.15, -0.1) is 0 Å². The van der Waals surface area contributed by atoms with Crippen LogP contribution in [0, 0.1) is 0 Å². The summed E-state index contributed by atoms with van der Waals surface area (Å²) in [6.07, 6.45) is 1.11. The summed E-state index contributed by atoms with van der Waals surface area (Å²) in [5.41, 5.74) is 6.46. The minimum Gasteiger partial charge on any atom is -0.480 e. The lowest BCUT2D eigenvalue weighted by molar-refractivity contribution is -0.139. The lowest BCUT2D eigenvalue weighted by Gasteiger charge is -2.13. The van der Waals surface area contributed by atoms with Crippen LogP contribution in [0.5, 0.6) is 0 Å². The fourth-order valence-electron chi connectivity index (χ4n) is 1.42. The van der Waals surface area contributed by atoms with Crippen LogP contribution in [-0.4, -0.2) is 23.0 Å². The number of rotatable bonds is 5. The van der Waals surface area contributed by atoms with Crippen molar-refractivity contribution in [1.29, 1.82) is 0 Å². The molecule has 92 valence electrons. The van der Waals surface area contributed by atoms with Crippen molar-refractivity contribution in [2.45, 2.75) is 25.8 Å². The molecule has 0 unspecified atom stereocenters. The molecule has 5 nitrogen and oxygen atoms in total. The Balaban J connectivity index is 2.70. The van der Waals surface area contributed by atoms with E-state index in [-0.39, 0.29) is 0 Å². The summed E-state index contributed by atoms with van der Waals surface area (Å²) < 4.78 is 0. The molecule has 4 N–H and O–H groups in total. The van der Waals surface area contributed by atoms with Crippen molar-refractivity contribution < 1.29 is 14.7 Å². The van der Waals surface area contributed by atoms with Gasteiger partial charge in [-0.3, -0.25) is 4.79 Å². The topological polar surface area (TPSA) is 92.4 Å². The van der Waals surface area contributed by atoms with Crippen LogP contribution in [0.2, 0.25) is 0 Å². The van der Waals surface area contributed by atoms with Crippen LogP contribution in [0.4, 0.5) is 5.69 Å². The van der Waals surface area contributed by atoms with Gasteiger partial charge < -0.3 is 16.2 Å². The minimum atomic E-state index is -1.02. The molecule has 1 aromatic carbocycles. The number of carboxylic acids is 1. The van der Waals surface area contributed by atoms with Gasteiger partial charge in [-0.25, -0.2) is 4.79 Å². The van der Waals surface area contributed by atoms with Gasteiger partial charge in [-0.1, -0.05) is 13.3 Å².